The molecule has 0 radical (unpaired) electrons. The molecule has 1 aliphatic rings. The van der Waals surface area contributed by atoms with Crippen molar-refractivity contribution in [3.05, 3.63) is 22.4 Å². The Morgan fingerprint density at radius 1 is 1.53 bits per heavy atom. The summed E-state index contributed by atoms with van der Waals surface area (Å²) in [7, 11) is 1.75. The molecule has 1 aliphatic heterocycles. The largest absolute Gasteiger partial charge is 0.481 e. The van der Waals surface area contributed by atoms with Gasteiger partial charge in [-0.15, -0.1) is 11.3 Å². The number of aliphatic carboxylic acids is 1. The first kappa shape index (κ1) is 13.9. The summed E-state index contributed by atoms with van der Waals surface area (Å²) < 4.78 is 0. The molecule has 2 amide bonds. The molecular weight excluding hydrogens is 264 g/mol. The summed E-state index contributed by atoms with van der Waals surface area (Å²) in [5.41, 5.74) is 0. The van der Waals surface area contributed by atoms with E-state index in [-0.39, 0.29) is 11.9 Å². The van der Waals surface area contributed by atoms with Gasteiger partial charge < -0.3 is 14.9 Å². The van der Waals surface area contributed by atoms with Crippen LogP contribution in [0.2, 0.25) is 0 Å². The van der Waals surface area contributed by atoms with Crippen LogP contribution in [-0.2, 0) is 11.3 Å². The van der Waals surface area contributed by atoms with Crippen LogP contribution in [0.4, 0.5) is 4.79 Å². The summed E-state index contributed by atoms with van der Waals surface area (Å²) in [5.74, 6) is -1.25. The van der Waals surface area contributed by atoms with Crippen molar-refractivity contribution in [1.29, 1.82) is 0 Å². The number of carbonyl (C=O) groups is 2. The molecule has 2 rings (SSSR count). The highest BCUT2D eigenvalue weighted by molar-refractivity contribution is 7.09. The van der Waals surface area contributed by atoms with Gasteiger partial charge in [0, 0.05) is 25.0 Å². The van der Waals surface area contributed by atoms with Gasteiger partial charge in [0.05, 0.1) is 12.5 Å². The predicted molar refractivity (Wildman–Crippen MR) is 73.0 cm³/mol. The van der Waals surface area contributed by atoms with E-state index in [1.54, 1.807) is 28.2 Å². The normalized spacial score (nSPS) is 22.5. The number of rotatable bonds is 3. The van der Waals surface area contributed by atoms with Crippen molar-refractivity contribution in [3.63, 3.8) is 0 Å². The quantitative estimate of drug-likeness (QED) is 0.921. The minimum Gasteiger partial charge on any atom is -0.481 e. The van der Waals surface area contributed by atoms with Crippen LogP contribution in [0, 0.1) is 11.8 Å². The SMILES string of the molecule is C[C@@H]1CN(C(=O)N(C)Cc2cccs2)C[C@H]1C(=O)O. The van der Waals surface area contributed by atoms with Crippen LogP contribution < -0.4 is 0 Å². The molecule has 2 heterocycles. The molecule has 1 fully saturated rings. The summed E-state index contributed by atoms with van der Waals surface area (Å²) >= 11 is 1.61. The van der Waals surface area contributed by atoms with Gasteiger partial charge in [0.2, 0.25) is 0 Å². The van der Waals surface area contributed by atoms with Gasteiger partial charge in [-0.25, -0.2) is 4.79 Å². The zero-order valence-electron chi connectivity index (χ0n) is 11.1. The molecule has 6 heteroatoms. The van der Waals surface area contributed by atoms with E-state index in [2.05, 4.69) is 0 Å². The number of nitrogens with zero attached hydrogens (tertiary/aromatic N) is 2. The maximum atomic E-state index is 12.2. The molecule has 0 spiro atoms. The lowest BCUT2D eigenvalue weighted by Crippen LogP contribution is -2.39. The van der Waals surface area contributed by atoms with Crippen molar-refractivity contribution >= 4 is 23.3 Å². The number of amides is 2. The van der Waals surface area contributed by atoms with Crippen molar-refractivity contribution in [3.8, 4) is 0 Å². The standard InChI is InChI=1S/C13H18N2O3S/c1-9-6-15(8-11(9)12(16)17)13(18)14(2)7-10-4-3-5-19-10/h3-5,9,11H,6-8H2,1-2H3,(H,16,17)/t9-,11-/m1/s1. The number of likely N-dealkylation sites (tertiary alicyclic amines) is 1. The highest BCUT2D eigenvalue weighted by Crippen LogP contribution is 2.24. The van der Waals surface area contributed by atoms with Crippen LogP contribution in [0.25, 0.3) is 0 Å². The van der Waals surface area contributed by atoms with Crippen LogP contribution >= 0.6 is 11.3 Å². The summed E-state index contributed by atoms with van der Waals surface area (Å²) in [6.45, 7) is 3.28. The van der Waals surface area contributed by atoms with Crippen LogP contribution in [0.15, 0.2) is 17.5 Å². The van der Waals surface area contributed by atoms with Crippen molar-refractivity contribution in [2.75, 3.05) is 20.1 Å². The highest BCUT2D eigenvalue weighted by Gasteiger charge is 2.37. The van der Waals surface area contributed by atoms with Crippen molar-refractivity contribution in [2.24, 2.45) is 11.8 Å². The van der Waals surface area contributed by atoms with E-state index >= 15 is 0 Å². The lowest BCUT2D eigenvalue weighted by Gasteiger charge is -2.24. The maximum absolute atomic E-state index is 12.2. The van der Waals surface area contributed by atoms with Crippen molar-refractivity contribution in [2.45, 2.75) is 13.5 Å². The van der Waals surface area contributed by atoms with Crippen molar-refractivity contribution < 1.29 is 14.7 Å². The Balaban J connectivity index is 1.95. The third-order valence-electron chi connectivity index (χ3n) is 3.50. The van der Waals surface area contributed by atoms with E-state index in [0.717, 1.165) is 4.88 Å². The molecule has 0 unspecified atom stereocenters. The minimum absolute atomic E-state index is 0.0107. The first-order chi connectivity index (χ1) is 8.99. The third kappa shape index (κ3) is 3.07. The van der Waals surface area contributed by atoms with E-state index < -0.39 is 11.9 Å². The molecule has 5 nitrogen and oxygen atoms in total. The van der Waals surface area contributed by atoms with Crippen LogP contribution in [0.3, 0.4) is 0 Å². The zero-order valence-corrected chi connectivity index (χ0v) is 11.9. The van der Waals surface area contributed by atoms with Crippen LogP contribution in [0.1, 0.15) is 11.8 Å². The van der Waals surface area contributed by atoms with Crippen LogP contribution in [-0.4, -0.2) is 47.0 Å². The average molecular weight is 282 g/mol. The molecule has 1 aromatic rings. The molecule has 104 valence electrons. The predicted octanol–water partition coefficient (Wildman–Crippen LogP) is 1.95. The van der Waals surface area contributed by atoms with E-state index in [1.165, 1.54) is 0 Å². The molecule has 0 aromatic carbocycles. The van der Waals surface area contributed by atoms with Gasteiger partial charge in [-0.1, -0.05) is 13.0 Å². The van der Waals surface area contributed by atoms with E-state index in [0.29, 0.717) is 19.6 Å². The van der Waals surface area contributed by atoms with Gasteiger partial charge >= 0.3 is 12.0 Å². The van der Waals surface area contributed by atoms with E-state index in [9.17, 15) is 9.59 Å². The second-order valence-corrected chi connectivity index (χ2v) is 6.08. The van der Waals surface area contributed by atoms with Crippen LogP contribution in [0.5, 0.6) is 0 Å². The fourth-order valence-electron chi connectivity index (χ4n) is 2.39. The number of hydrogen-bond acceptors (Lipinski definition) is 3. The molecule has 2 atom stereocenters. The third-order valence-corrected chi connectivity index (χ3v) is 4.36. The molecule has 1 aromatic heterocycles. The zero-order chi connectivity index (χ0) is 14.0. The Kier molecular flexibility index (Phi) is 4.09. The fraction of sp³-hybridized carbons (Fsp3) is 0.538. The summed E-state index contributed by atoms with van der Waals surface area (Å²) in [5, 5.41) is 11.1. The molecule has 0 bridgehead atoms. The highest BCUT2D eigenvalue weighted by atomic mass is 32.1. The first-order valence-electron chi connectivity index (χ1n) is 6.24. The van der Waals surface area contributed by atoms with Gasteiger partial charge in [0.1, 0.15) is 0 Å². The Labute approximate surface area is 116 Å². The fourth-order valence-corrected chi connectivity index (χ4v) is 3.15. The smallest absolute Gasteiger partial charge is 0.320 e. The van der Waals surface area contributed by atoms with Crippen molar-refractivity contribution in [1.82, 2.24) is 9.80 Å². The topological polar surface area (TPSA) is 60.9 Å². The molecular formula is C13H18N2O3S. The second kappa shape index (κ2) is 5.61. The van der Waals surface area contributed by atoms with E-state index in [4.69, 9.17) is 5.11 Å². The molecule has 0 saturated carbocycles. The Morgan fingerprint density at radius 3 is 2.79 bits per heavy atom. The van der Waals surface area contributed by atoms with Gasteiger partial charge in [0.15, 0.2) is 0 Å². The monoisotopic (exact) mass is 282 g/mol. The molecule has 1 saturated heterocycles. The van der Waals surface area contributed by atoms with Gasteiger partial charge in [-0.2, -0.15) is 0 Å². The number of carboxylic acid groups (broad SMARTS) is 1. The lowest BCUT2D eigenvalue weighted by molar-refractivity contribution is -0.142. The summed E-state index contributed by atoms with van der Waals surface area (Å²) in [4.78, 5) is 27.7. The first-order valence-corrected chi connectivity index (χ1v) is 7.12. The van der Waals surface area contributed by atoms with Gasteiger partial charge in [0.25, 0.3) is 0 Å². The number of thiophene rings is 1. The van der Waals surface area contributed by atoms with Gasteiger partial charge in [-0.05, 0) is 17.4 Å². The number of urea groups is 1. The minimum atomic E-state index is -0.816. The second-order valence-electron chi connectivity index (χ2n) is 5.04. The molecule has 0 aliphatic carbocycles. The Bertz CT molecular complexity index is 460. The number of hydrogen-bond donors (Lipinski definition) is 1. The maximum Gasteiger partial charge on any atom is 0.320 e. The van der Waals surface area contributed by atoms with E-state index in [1.807, 2.05) is 24.4 Å². The number of carbonyl (C=O) groups excluding carboxylic acids is 1. The Morgan fingerprint density at radius 2 is 2.26 bits per heavy atom. The van der Waals surface area contributed by atoms with Gasteiger partial charge in [-0.3, -0.25) is 4.79 Å². The Hall–Kier alpha value is -1.56. The molecule has 19 heavy (non-hydrogen) atoms. The summed E-state index contributed by atoms with van der Waals surface area (Å²) in [6, 6.07) is 3.85. The number of carboxylic acids is 1. The lowest BCUT2D eigenvalue weighted by atomic mass is 9.99. The molecule has 1 N–H and O–H groups in total. The summed E-state index contributed by atoms with van der Waals surface area (Å²) in [6.07, 6.45) is 0. The average Bonchev–Trinajstić information content (AvgIpc) is 2.97.